The van der Waals surface area contributed by atoms with E-state index < -0.39 is 6.09 Å². The van der Waals surface area contributed by atoms with Gasteiger partial charge in [-0.2, -0.15) is 0 Å². The molecule has 2 rings (SSSR count). The molecule has 1 atom stereocenters. The normalized spacial score (nSPS) is 17.4. The largest absolute Gasteiger partial charge is 0.450 e. The summed E-state index contributed by atoms with van der Waals surface area (Å²) in [6, 6.07) is 5.76. The van der Waals surface area contributed by atoms with Gasteiger partial charge in [-0.15, -0.1) is 11.8 Å². The lowest BCUT2D eigenvalue weighted by Crippen LogP contribution is -2.27. The predicted molar refractivity (Wildman–Crippen MR) is 74.3 cm³/mol. The number of rotatable bonds is 3. The van der Waals surface area contributed by atoms with Crippen molar-refractivity contribution in [2.75, 3.05) is 11.9 Å². The number of fused-ring (bicyclic) bond motifs is 1. The van der Waals surface area contributed by atoms with Crippen LogP contribution in [0.15, 0.2) is 23.1 Å². The quantitative estimate of drug-likeness (QED) is 0.892. The van der Waals surface area contributed by atoms with Gasteiger partial charge in [0.2, 0.25) is 5.91 Å². The highest BCUT2D eigenvalue weighted by molar-refractivity contribution is 8.00. The third-order valence-corrected chi connectivity index (χ3v) is 3.86. The van der Waals surface area contributed by atoms with Gasteiger partial charge in [0.05, 0.1) is 17.5 Å². The standard InChI is InChI=1S/C13H16N2O3S/c1-3-18-13(17)14-7-9-4-5-11-10(6-9)15-12(16)8(2)19-11/h4-6,8H,3,7H2,1-2H3,(H,14,17)(H,15,16). The van der Waals surface area contributed by atoms with Crippen LogP contribution in [0, 0.1) is 0 Å². The zero-order valence-electron chi connectivity index (χ0n) is 10.9. The summed E-state index contributed by atoms with van der Waals surface area (Å²) in [5.41, 5.74) is 1.72. The highest BCUT2D eigenvalue weighted by atomic mass is 32.2. The van der Waals surface area contributed by atoms with Crippen LogP contribution in [0.4, 0.5) is 10.5 Å². The topological polar surface area (TPSA) is 67.4 Å². The van der Waals surface area contributed by atoms with Crippen LogP contribution in [0.3, 0.4) is 0 Å². The van der Waals surface area contributed by atoms with Gasteiger partial charge in [-0.3, -0.25) is 4.79 Å². The Kier molecular flexibility index (Phi) is 4.31. The van der Waals surface area contributed by atoms with Crippen molar-refractivity contribution in [3.63, 3.8) is 0 Å². The molecule has 0 aliphatic carbocycles. The first kappa shape index (κ1) is 13.7. The van der Waals surface area contributed by atoms with Crippen molar-refractivity contribution in [3.8, 4) is 0 Å². The lowest BCUT2D eigenvalue weighted by Gasteiger charge is -2.21. The summed E-state index contributed by atoms with van der Waals surface area (Å²) in [6.07, 6.45) is -0.438. The molecule has 0 saturated carbocycles. The Labute approximate surface area is 116 Å². The summed E-state index contributed by atoms with van der Waals surface area (Å²) in [6.45, 7) is 4.36. The number of alkyl carbamates (subject to hydrolysis) is 1. The molecule has 0 radical (unpaired) electrons. The van der Waals surface area contributed by atoms with Gasteiger partial charge in [0.15, 0.2) is 0 Å². The highest BCUT2D eigenvalue weighted by Crippen LogP contribution is 2.35. The van der Waals surface area contributed by atoms with Crippen molar-refractivity contribution in [3.05, 3.63) is 23.8 Å². The molecule has 0 bridgehead atoms. The first-order chi connectivity index (χ1) is 9.10. The van der Waals surface area contributed by atoms with Crippen molar-refractivity contribution >= 4 is 29.4 Å². The number of benzene rings is 1. The van der Waals surface area contributed by atoms with Crippen LogP contribution in [0.2, 0.25) is 0 Å². The van der Waals surface area contributed by atoms with E-state index in [-0.39, 0.29) is 11.2 Å². The van der Waals surface area contributed by atoms with E-state index in [4.69, 9.17) is 4.74 Å². The number of nitrogens with one attached hydrogen (secondary N) is 2. The van der Waals surface area contributed by atoms with E-state index in [1.807, 2.05) is 25.1 Å². The minimum absolute atomic E-state index is 0.00741. The molecular formula is C13H16N2O3S. The van der Waals surface area contributed by atoms with E-state index >= 15 is 0 Å². The summed E-state index contributed by atoms with van der Waals surface area (Å²) in [4.78, 5) is 23.8. The van der Waals surface area contributed by atoms with Gasteiger partial charge in [-0.1, -0.05) is 6.07 Å². The second-order valence-electron chi connectivity index (χ2n) is 4.15. The van der Waals surface area contributed by atoms with Crippen molar-refractivity contribution < 1.29 is 14.3 Å². The fourth-order valence-electron chi connectivity index (χ4n) is 1.72. The summed E-state index contributed by atoms with van der Waals surface area (Å²) in [7, 11) is 0. The number of hydrogen-bond acceptors (Lipinski definition) is 4. The Morgan fingerprint density at radius 1 is 1.53 bits per heavy atom. The Morgan fingerprint density at radius 3 is 3.05 bits per heavy atom. The Hall–Kier alpha value is -1.69. The van der Waals surface area contributed by atoms with Gasteiger partial charge in [0.25, 0.3) is 0 Å². The summed E-state index contributed by atoms with van der Waals surface area (Å²) >= 11 is 1.54. The molecule has 1 aromatic carbocycles. The predicted octanol–water partition coefficient (Wildman–Crippen LogP) is 2.37. The average Bonchev–Trinajstić information content (AvgIpc) is 2.38. The first-order valence-electron chi connectivity index (χ1n) is 6.11. The number of hydrogen-bond donors (Lipinski definition) is 2. The minimum atomic E-state index is -0.438. The average molecular weight is 280 g/mol. The number of anilines is 1. The Balaban J connectivity index is 2.03. The molecule has 102 valence electrons. The molecule has 1 aliphatic heterocycles. The molecule has 2 amide bonds. The number of amides is 2. The molecule has 0 saturated heterocycles. The van der Waals surface area contributed by atoms with Gasteiger partial charge < -0.3 is 15.4 Å². The van der Waals surface area contributed by atoms with E-state index in [0.29, 0.717) is 13.2 Å². The molecule has 5 nitrogen and oxygen atoms in total. The highest BCUT2D eigenvalue weighted by Gasteiger charge is 2.22. The minimum Gasteiger partial charge on any atom is -0.450 e. The molecule has 6 heteroatoms. The monoisotopic (exact) mass is 280 g/mol. The van der Waals surface area contributed by atoms with Crippen molar-refractivity contribution in [2.24, 2.45) is 0 Å². The summed E-state index contributed by atoms with van der Waals surface area (Å²) in [5, 5.41) is 5.43. The number of thioether (sulfide) groups is 1. The van der Waals surface area contributed by atoms with Gasteiger partial charge >= 0.3 is 6.09 Å². The summed E-state index contributed by atoms with van der Waals surface area (Å²) < 4.78 is 4.78. The van der Waals surface area contributed by atoms with Crippen molar-refractivity contribution in [1.29, 1.82) is 0 Å². The molecule has 1 unspecified atom stereocenters. The van der Waals surface area contributed by atoms with E-state index in [2.05, 4.69) is 10.6 Å². The van der Waals surface area contributed by atoms with Crippen LogP contribution in [-0.4, -0.2) is 23.9 Å². The molecule has 0 fully saturated rings. The molecule has 1 heterocycles. The first-order valence-corrected chi connectivity index (χ1v) is 6.99. The maximum atomic E-state index is 11.6. The maximum Gasteiger partial charge on any atom is 0.407 e. The Morgan fingerprint density at radius 2 is 2.32 bits per heavy atom. The molecule has 2 N–H and O–H groups in total. The van der Waals surface area contributed by atoms with E-state index in [1.54, 1.807) is 6.92 Å². The van der Waals surface area contributed by atoms with E-state index in [9.17, 15) is 9.59 Å². The fourth-order valence-corrected chi connectivity index (χ4v) is 2.65. The Bertz CT molecular complexity index is 505. The van der Waals surface area contributed by atoms with Gasteiger partial charge in [0, 0.05) is 11.4 Å². The molecule has 0 spiro atoms. The zero-order valence-corrected chi connectivity index (χ0v) is 11.7. The molecule has 1 aromatic rings. The lowest BCUT2D eigenvalue weighted by atomic mass is 10.2. The van der Waals surface area contributed by atoms with Gasteiger partial charge in [0.1, 0.15) is 0 Å². The second kappa shape index (κ2) is 5.97. The fraction of sp³-hybridized carbons (Fsp3) is 0.385. The summed E-state index contributed by atoms with van der Waals surface area (Å²) in [5.74, 6) is 0.00741. The van der Waals surface area contributed by atoms with E-state index in [0.717, 1.165) is 16.1 Å². The second-order valence-corrected chi connectivity index (χ2v) is 5.54. The van der Waals surface area contributed by atoms with Crippen LogP contribution in [0.5, 0.6) is 0 Å². The third kappa shape index (κ3) is 3.41. The van der Waals surface area contributed by atoms with Gasteiger partial charge in [-0.05, 0) is 31.5 Å². The molecule has 19 heavy (non-hydrogen) atoms. The van der Waals surface area contributed by atoms with Crippen molar-refractivity contribution in [2.45, 2.75) is 30.5 Å². The number of ether oxygens (including phenoxy) is 1. The SMILES string of the molecule is CCOC(=O)NCc1ccc2c(c1)NC(=O)C(C)S2. The smallest absolute Gasteiger partial charge is 0.407 e. The van der Waals surface area contributed by atoms with Gasteiger partial charge in [-0.25, -0.2) is 4.79 Å². The lowest BCUT2D eigenvalue weighted by molar-refractivity contribution is -0.115. The van der Waals surface area contributed by atoms with Crippen LogP contribution < -0.4 is 10.6 Å². The van der Waals surface area contributed by atoms with Crippen LogP contribution in [0.25, 0.3) is 0 Å². The van der Waals surface area contributed by atoms with Crippen molar-refractivity contribution in [1.82, 2.24) is 5.32 Å². The van der Waals surface area contributed by atoms with E-state index in [1.165, 1.54) is 11.8 Å². The number of carbonyl (C=O) groups excluding carboxylic acids is 2. The number of carbonyl (C=O) groups is 2. The third-order valence-electron chi connectivity index (χ3n) is 2.69. The van der Waals surface area contributed by atoms with Crippen LogP contribution in [0.1, 0.15) is 19.4 Å². The van der Waals surface area contributed by atoms with Crippen LogP contribution >= 0.6 is 11.8 Å². The molecule has 1 aliphatic rings. The zero-order chi connectivity index (χ0) is 13.8. The molecular weight excluding hydrogens is 264 g/mol. The maximum absolute atomic E-state index is 11.6. The van der Waals surface area contributed by atoms with Crippen LogP contribution in [-0.2, 0) is 16.1 Å². The molecule has 0 aromatic heterocycles.